The van der Waals surface area contributed by atoms with E-state index in [9.17, 15) is 0 Å². The van der Waals surface area contributed by atoms with Gasteiger partial charge in [0.1, 0.15) is 0 Å². The molecular formula is C9H19NO2. The summed E-state index contributed by atoms with van der Waals surface area (Å²) in [5.41, 5.74) is 0. The van der Waals surface area contributed by atoms with Crippen LogP contribution >= 0.6 is 0 Å². The Balaban J connectivity index is 2.42. The fraction of sp³-hybridized carbons (Fsp3) is 1.00. The maximum atomic E-state index is 5.64. The quantitative estimate of drug-likeness (QED) is 0.628. The van der Waals surface area contributed by atoms with Crippen molar-refractivity contribution in [2.75, 3.05) is 33.9 Å². The first-order chi connectivity index (χ1) is 5.75. The molecule has 0 aromatic carbocycles. The van der Waals surface area contributed by atoms with Gasteiger partial charge in [-0.05, 0) is 27.4 Å². The maximum Gasteiger partial charge on any atom is 0.0774 e. The maximum absolute atomic E-state index is 5.64. The van der Waals surface area contributed by atoms with E-state index in [4.69, 9.17) is 9.47 Å². The molecule has 72 valence electrons. The summed E-state index contributed by atoms with van der Waals surface area (Å²) in [6.45, 7) is 4.49. The molecular weight excluding hydrogens is 154 g/mol. The van der Waals surface area contributed by atoms with E-state index in [2.05, 4.69) is 19.0 Å². The largest absolute Gasteiger partial charge is 0.380 e. The third-order valence-corrected chi connectivity index (χ3v) is 2.31. The van der Waals surface area contributed by atoms with Gasteiger partial charge in [-0.25, -0.2) is 0 Å². The molecule has 0 N–H and O–H groups in total. The molecule has 2 atom stereocenters. The Morgan fingerprint density at radius 2 is 2.25 bits per heavy atom. The van der Waals surface area contributed by atoms with Gasteiger partial charge >= 0.3 is 0 Å². The summed E-state index contributed by atoms with van der Waals surface area (Å²) in [5, 5.41) is 0. The van der Waals surface area contributed by atoms with Crippen molar-refractivity contribution in [3.05, 3.63) is 0 Å². The van der Waals surface area contributed by atoms with E-state index in [1.165, 1.54) is 0 Å². The SMILES string of the molecule is CCOC1CCOCC1N(C)C. The van der Waals surface area contributed by atoms with Crippen molar-refractivity contribution in [2.45, 2.75) is 25.5 Å². The monoisotopic (exact) mass is 173 g/mol. The standard InChI is InChI=1S/C9H19NO2/c1-4-12-9-5-6-11-7-8(9)10(2)3/h8-9H,4-7H2,1-3H3. The first-order valence-electron chi connectivity index (χ1n) is 4.61. The molecule has 0 radical (unpaired) electrons. The van der Waals surface area contributed by atoms with Gasteiger partial charge in [0.2, 0.25) is 0 Å². The van der Waals surface area contributed by atoms with Gasteiger partial charge in [-0.1, -0.05) is 0 Å². The Labute approximate surface area is 74.6 Å². The molecule has 2 unspecified atom stereocenters. The molecule has 1 rings (SSSR count). The van der Waals surface area contributed by atoms with Gasteiger partial charge in [0.15, 0.2) is 0 Å². The molecule has 1 aliphatic rings. The molecule has 3 heteroatoms. The van der Waals surface area contributed by atoms with Gasteiger partial charge < -0.3 is 14.4 Å². The number of ether oxygens (including phenoxy) is 2. The van der Waals surface area contributed by atoms with Crippen LogP contribution in [-0.2, 0) is 9.47 Å². The van der Waals surface area contributed by atoms with E-state index in [-0.39, 0.29) is 0 Å². The Bertz CT molecular complexity index is 126. The topological polar surface area (TPSA) is 21.7 Å². The first kappa shape index (κ1) is 9.96. The molecule has 1 aliphatic heterocycles. The van der Waals surface area contributed by atoms with Gasteiger partial charge in [0.05, 0.1) is 18.8 Å². The smallest absolute Gasteiger partial charge is 0.0774 e. The van der Waals surface area contributed by atoms with E-state index >= 15 is 0 Å². The second-order valence-electron chi connectivity index (χ2n) is 3.39. The Hall–Kier alpha value is -0.120. The normalized spacial score (nSPS) is 31.0. The lowest BCUT2D eigenvalue weighted by molar-refractivity contribution is -0.0789. The first-order valence-corrected chi connectivity index (χ1v) is 4.61. The van der Waals surface area contributed by atoms with Crippen LogP contribution in [0.15, 0.2) is 0 Å². The number of hydrogen-bond donors (Lipinski definition) is 0. The summed E-state index contributed by atoms with van der Waals surface area (Å²) >= 11 is 0. The summed E-state index contributed by atoms with van der Waals surface area (Å²) in [7, 11) is 4.15. The second kappa shape index (κ2) is 4.80. The lowest BCUT2D eigenvalue weighted by Gasteiger charge is -2.35. The molecule has 1 fully saturated rings. The van der Waals surface area contributed by atoms with Crippen LogP contribution in [0.4, 0.5) is 0 Å². The molecule has 0 saturated carbocycles. The van der Waals surface area contributed by atoms with Crippen molar-refractivity contribution in [1.82, 2.24) is 4.90 Å². The van der Waals surface area contributed by atoms with Crippen LogP contribution in [0.1, 0.15) is 13.3 Å². The molecule has 0 bridgehead atoms. The van der Waals surface area contributed by atoms with Gasteiger partial charge in [0, 0.05) is 13.2 Å². The fourth-order valence-corrected chi connectivity index (χ4v) is 1.59. The Morgan fingerprint density at radius 3 is 2.83 bits per heavy atom. The zero-order chi connectivity index (χ0) is 8.97. The van der Waals surface area contributed by atoms with Crippen molar-refractivity contribution < 1.29 is 9.47 Å². The summed E-state index contributed by atoms with van der Waals surface area (Å²) in [5.74, 6) is 0. The van der Waals surface area contributed by atoms with Crippen LogP contribution in [0, 0.1) is 0 Å². The molecule has 0 aromatic heterocycles. The average molecular weight is 173 g/mol. The minimum absolute atomic E-state index is 0.360. The lowest BCUT2D eigenvalue weighted by atomic mass is 10.1. The highest BCUT2D eigenvalue weighted by atomic mass is 16.5. The summed E-state index contributed by atoms with van der Waals surface area (Å²) in [4.78, 5) is 2.18. The van der Waals surface area contributed by atoms with Crippen LogP contribution in [-0.4, -0.2) is 51.0 Å². The van der Waals surface area contributed by atoms with E-state index in [0.29, 0.717) is 12.1 Å². The molecule has 12 heavy (non-hydrogen) atoms. The molecule has 1 heterocycles. The molecule has 0 spiro atoms. The molecule has 0 aliphatic carbocycles. The fourth-order valence-electron chi connectivity index (χ4n) is 1.59. The van der Waals surface area contributed by atoms with Gasteiger partial charge in [-0.2, -0.15) is 0 Å². The Morgan fingerprint density at radius 1 is 1.50 bits per heavy atom. The number of hydrogen-bond acceptors (Lipinski definition) is 3. The molecule has 0 aromatic rings. The van der Waals surface area contributed by atoms with E-state index in [0.717, 1.165) is 26.2 Å². The third kappa shape index (κ3) is 2.44. The third-order valence-electron chi connectivity index (χ3n) is 2.31. The van der Waals surface area contributed by atoms with Gasteiger partial charge in [0.25, 0.3) is 0 Å². The number of likely N-dealkylation sites (N-methyl/N-ethyl adjacent to an activating group) is 1. The van der Waals surface area contributed by atoms with Crippen molar-refractivity contribution in [1.29, 1.82) is 0 Å². The van der Waals surface area contributed by atoms with Crippen LogP contribution in [0.25, 0.3) is 0 Å². The van der Waals surface area contributed by atoms with Crippen LogP contribution < -0.4 is 0 Å². The van der Waals surface area contributed by atoms with Crippen molar-refractivity contribution in [3.8, 4) is 0 Å². The molecule has 0 amide bonds. The predicted octanol–water partition coefficient (Wildman–Crippen LogP) is 0.742. The molecule has 1 saturated heterocycles. The minimum atomic E-state index is 0.360. The predicted molar refractivity (Wildman–Crippen MR) is 48.3 cm³/mol. The highest BCUT2D eigenvalue weighted by Gasteiger charge is 2.27. The number of nitrogens with zero attached hydrogens (tertiary/aromatic N) is 1. The van der Waals surface area contributed by atoms with E-state index < -0.39 is 0 Å². The lowest BCUT2D eigenvalue weighted by Crippen LogP contribution is -2.47. The highest BCUT2D eigenvalue weighted by molar-refractivity contribution is 4.79. The Kier molecular flexibility index (Phi) is 3.98. The zero-order valence-electron chi connectivity index (χ0n) is 8.25. The summed E-state index contributed by atoms with van der Waals surface area (Å²) < 4.78 is 11.0. The summed E-state index contributed by atoms with van der Waals surface area (Å²) in [6, 6.07) is 0.429. The second-order valence-corrected chi connectivity index (χ2v) is 3.39. The highest BCUT2D eigenvalue weighted by Crippen LogP contribution is 2.15. The number of rotatable bonds is 3. The van der Waals surface area contributed by atoms with Crippen molar-refractivity contribution in [2.24, 2.45) is 0 Å². The van der Waals surface area contributed by atoms with Gasteiger partial charge in [-0.15, -0.1) is 0 Å². The average Bonchev–Trinajstić information content (AvgIpc) is 2.05. The molecule has 3 nitrogen and oxygen atoms in total. The van der Waals surface area contributed by atoms with Crippen LogP contribution in [0.3, 0.4) is 0 Å². The van der Waals surface area contributed by atoms with Crippen LogP contribution in [0.5, 0.6) is 0 Å². The van der Waals surface area contributed by atoms with Crippen molar-refractivity contribution >= 4 is 0 Å². The van der Waals surface area contributed by atoms with Crippen LogP contribution in [0.2, 0.25) is 0 Å². The van der Waals surface area contributed by atoms with Crippen molar-refractivity contribution in [3.63, 3.8) is 0 Å². The minimum Gasteiger partial charge on any atom is -0.380 e. The van der Waals surface area contributed by atoms with Gasteiger partial charge in [-0.3, -0.25) is 0 Å². The van der Waals surface area contributed by atoms with E-state index in [1.54, 1.807) is 0 Å². The van der Waals surface area contributed by atoms with E-state index in [1.807, 2.05) is 6.92 Å². The summed E-state index contributed by atoms with van der Waals surface area (Å²) in [6.07, 6.45) is 1.38. The zero-order valence-corrected chi connectivity index (χ0v) is 8.25.